The fraction of sp³-hybridized carbons (Fsp3) is 0.407. The average Bonchev–Trinajstić information content (AvgIpc) is 3.31. The van der Waals surface area contributed by atoms with E-state index in [1.807, 2.05) is 18.2 Å². The van der Waals surface area contributed by atoms with Crippen molar-refractivity contribution in [2.24, 2.45) is 0 Å². The summed E-state index contributed by atoms with van der Waals surface area (Å²) in [6.45, 7) is 19.9. The molecule has 0 N–H and O–H groups in total. The summed E-state index contributed by atoms with van der Waals surface area (Å²) in [6, 6.07) is 23.6. The fourth-order valence-corrected chi connectivity index (χ4v) is 10.5. The van der Waals surface area contributed by atoms with Crippen molar-refractivity contribution in [1.82, 2.24) is 0 Å². The van der Waals surface area contributed by atoms with Crippen LogP contribution < -0.4 is 5.19 Å². The van der Waals surface area contributed by atoms with Gasteiger partial charge in [0.05, 0.1) is 0 Å². The van der Waals surface area contributed by atoms with Gasteiger partial charge in [0.1, 0.15) is 0 Å². The van der Waals surface area contributed by atoms with Crippen molar-refractivity contribution < 1.29 is 18.0 Å². The molecule has 0 aliphatic carbocycles. The Kier molecular flexibility index (Phi) is 11.8. The molecule has 0 aromatic heterocycles. The van der Waals surface area contributed by atoms with Crippen LogP contribution in [0.15, 0.2) is 66.7 Å². The molecule has 0 bridgehead atoms. The second-order valence-corrected chi connectivity index (χ2v) is 31.1. The van der Waals surface area contributed by atoms with Gasteiger partial charge in [0, 0.05) is 0 Å². The Bertz CT molecular complexity index is 897. The minimum Gasteiger partial charge on any atom is -0.207 e. The molecule has 0 spiro atoms. The summed E-state index contributed by atoms with van der Waals surface area (Å²) in [5.74, 6) is 0. The van der Waals surface area contributed by atoms with Gasteiger partial charge >= 0.3 is 82.5 Å². The number of hydrogen-bond acceptors (Lipinski definition) is 0. The normalized spacial score (nSPS) is 11.1. The van der Waals surface area contributed by atoms with Gasteiger partial charge in [-0.1, -0.05) is 66.2 Å². The fourth-order valence-electron chi connectivity index (χ4n) is 2.86. The van der Waals surface area contributed by atoms with Crippen LogP contribution in [0.1, 0.15) is 63.8 Å². The van der Waals surface area contributed by atoms with E-state index in [1.54, 1.807) is 0 Å². The Morgan fingerprint density at radius 1 is 0.742 bits per heavy atom. The number of rotatable bonds is 1. The van der Waals surface area contributed by atoms with Gasteiger partial charge in [0.25, 0.3) is 0 Å². The van der Waals surface area contributed by atoms with Crippen LogP contribution in [0.4, 0.5) is 0 Å². The summed E-state index contributed by atoms with van der Waals surface area (Å²) in [7, 11) is 11.9. The third-order valence-electron chi connectivity index (χ3n) is 5.04. The molecule has 3 aromatic carbocycles. The van der Waals surface area contributed by atoms with Gasteiger partial charge in [-0.25, -0.2) is 12.1 Å². The maximum Gasteiger partial charge on any atom is -0.0635 e. The molecule has 3 rings (SSSR count). The SMILES string of the molecule is C[Si](c1ccccc1)=[Zr]([Cl])[Cl].Cc1cc(C(C)(C)C)c[cH-]1.Cc1cc(C(C)(C)C)c[cH-]1. The van der Waals surface area contributed by atoms with Gasteiger partial charge in [0.15, 0.2) is 0 Å². The zero-order valence-corrected chi connectivity index (χ0v) is 25.6. The minimum absolute atomic E-state index is 0.314. The van der Waals surface area contributed by atoms with Crippen LogP contribution >= 0.6 is 17.0 Å². The first-order chi connectivity index (χ1) is 14.2. The summed E-state index contributed by atoms with van der Waals surface area (Å²) < 4.78 is 0. The molecule has 31 heavy (non-hydrogen) atoms. The topological polar surface area (TPSA) is 0 Å². The third kappa shape index (κ3) is 10.8. The van der Waals surface area contributed by atoms with Crippen molar-refractivity contribution >= 4 is 27.6 Å². The van der Waals surface area contributed by atoms with Crippen molar-refractivity contribution in [3.8, 4) is 0 Å². The smallest absolute Gasteiger partial charge is 0.0635 e. The van der Waals surface area contributed by atoms with Gasteiger partial charge in [-0.3, -0.25) is 0 Å². The van der Waals surface area contributed by atoms with Gasteiger partial charge in [-0.15, -0.1) is 0 Å². The summed E-state index contributed by atoms with van der Waals surface area (Å²) >= 11 is -1.95. The van der Waals surface area contributed by atoms with Crippen molar-refractivity contribution in [2.45, 2.75) is 72.8 Å². The van der Waals surface area contributed by atoms with Gasteiger partial charge in [0.2, 0.25) is 0 Å². The third-order valence-corrected chi connectivity index (χ3v) is 23.2. The van der Waals surface area contributed by atoms with E-state index in [-0.39, 0.29) is 0 Å². The standard InChI is InChI=1S/2C10H15.C7H8Si.2ClH.Zr/c2*1-8-5-6-9(7-8)10(2,3)4;1-8-7-5-3-2-4-6-7;;;/h2*5-7H,1-4H3;2-6H,1H3;2*1H;/q2*-1;;;;+2/p-2. The van der Waals surface area contributed by atoms with E-state index in [0.29, 0.717) is 10.8 Å². The molecule has 0 saturated carbocycles. The van der Waals surface area contributed by atoms with Crippen molar-refractivity contribution in [3.05, 3.63) is 89.0 Å². The molecule has 3 aromatic rings. The van der Waals surface area contributed by atoms with Crippen LogP contribution in [0.2, 0.25) is 6.55 Å². The predicted molar refractivity (Wildman–Crippen MR) is 140 cm³/mol. The zero-order valence-electron chi connectivity index (χ0n) is 20.6. The largest absolute Gasteiger partial charge is 0.207 e. The Morgan fingerprint density at radius 2 is 1.13 bits per heavy atom. The van der Waals surface area contributed by atoms with Crippen LogP contribution in [0, 0.1) is 13.8 Å². The molecule has 0 unspecified atom stereocenters. The van der Waals surface area contributed by atoms with Crippen LogP contribution in [0.25, 0.3) is 0 Å². The van der Waals surface area contributed by atoms with E-state index < -0.39 is 23.4 Å². The van der Waals surface area contributed by atoms with Crippen molar-refractivity contribution in [2.75, 3.05) is 0 Å². The summed E-state index contributed by atoms with van der Waals surface area (Å²) in [4.78, 5) is 0. The van der Waals surface area contributed by atoms with Crippen LogP contribution in [0.3, 0.4) is 0 Å². The molecule has 170 valence electrons. The molecule has 0 atom stereocenters. The second-order valence-electron chi connectivity index (χ2n) is 10.1. The van der Waals surface area contributed by atoms with E-state index in [1.165, 1.54) is 27.4 Å². The molecule has 0 radical (unpaired) electrons. The number of halogens is 2. The molecule has 0 nitrogen and oxygen atoms in total. The van der Waals surface area contributed by atoms with Gasteiger partial charge in [-0.05, 0) is 0 Å². The molecule has 0 fully saturated rings. The van der Waals surface area contributed by atoms with E-state index >= 15 is 0 Å². The molecule has 0 heterocycles. The van der Waals surface area contributed by atoms with E-state index in [0.717, 1.165) is 0 Å². The van der Waals surface area contributed by atoms with Gasteiger partial charge < -0.3 is 0 Å². The van der Waals surface area contributed by atoms with Crippen molar-refractivity contribution in [3.63, 3.8) is 0 Å². The monoisotopic (exact) mass is 550 g/mol. The predicted octanol–water partition coefficient (Wildman–Crippen LogP) is 8.46. The Hall–Kier alpha value is -0.400. The zero-order chi connectivity index (χ0) is 23.8. The summed E-state index contributed by atoms with van der Waals surface area (Å²) in [5, 5.41) is 1.37. The quantitative estimate of drug-likeness (QED) is 0.210. The Labute approximate surface area is 206 Å². The van der Waals surface area contributed by atoms with E-state index in [9.17, 15) is 0 Å². The molecule has 4 heteroatoms. The second kappa shape index (κ2) is 12.7. The number of hydrogen-bond donors (Lipinski definition) is 0. The van der Waals surface area contributed by atoms with Crippen LogP contribution in [-0.2, 0) is 28.8 Å². The number of aryl methyl sites for hydroxylation is 2. The number of benzene rings is 1. The summed E-state index contributed by atoms with van der Waals surface area (Å²) in [6.07, 6.45) is 0. The first kappa shape index (κ1) is 28.6. The molecule has 0 amide bonds. The van der Waals surface area contributed by atoms with Gasteiger partial charge in [-0.2, -0.15) is 46.5 Å². The van der Waals surface area contributed by atoms with Crippen molar-refractivity contribution in [1.29, 1.82) is 0 Å². The Morgan fingerprint density at radius 3 is 1.35 bits per heavy atom. The molecular weight excluding hydrogens is 515 g/mol. The maximum atomic E-state index is 5.97. The summed E-state index contributed by atoms with van der Waals surface area (Å²) in [5.41, 5.74) is 5.67. The molecule has 0 aliphatic heterocycles. The first-order valence-electron chi connectivity index (χ1n) is 10.8. The molecular formula is C27H38Cl2SiZr-2. The maximum absolute atomic E-state index is 5.97. The molecule has 0 saturated heterocycles. The van der Waals surface area contributed by atoms with E-state index in [4.69, 9.17) is 17.0 Å². The first-order valence-corrected chi connectivity index (χ1v) is 22.8. The van der Waals surface area contributed by atoms with E-state index in [2.05, 4.69) is 110 Å². The van der Waals surface area contributed by atoms with Crippen LogP contribution in [0.5, 0.6) is 0 Å². The van der Waals surface area contributed by atoms with Crippen LogP contribution in [-0.4, -0.2) is 5.43 Å². The molecule has 0 aliphatic rings. The average molecular weight is 553 g/mol. The Balaban J connectivity index is 0.000000233. The minimum atomic E-state index is -1.95.